The first-order valence-corrected chi connectivity index (χ1v) is 6.11. The van der Waals surface area contributed by atoms with Crippen molar-refractivity contribution >= 4 is 16.9 Å². The van der Waals surface area contributed by atoms with Gasteiger partial charge in [-0.3, -0.25) is 4.79 Å². The quantitative estimate of drug-likeness (QED) is 0.724. The minimum Gasteiger partial charge on any atom is -0.286 e. The van der Waals surface area contributed by atoms with Crippen molar-refractivity contribution in [1.82, 2.24) is 0 Å². The van der Waals surface area contributed by atoms with Gasteiger partial charge in [-0.2, -0.15) is 0 Å². The van der Waals surface area contributed by atoms with Crippen LogP contribution in [-0.2, 0) is 11.2 Å². The molecule has 0 N–H and O–H groups in total. The zero-order valence-electron chi connectivity index (χ0n) is 9.19. The molecule has 0 fully saturated rings. The fourth-order valence-corrected chi connectivity index (χ4v) is 2.10. The van der Waals surface area contributed by atoms with Crippen molar-refractivity contribution in [3.63, 3.8) is 0 Å². The smallest absolute Gasteiger partial charge is 0.198 e. The summed E-state index contributed by atoms with van der Waals surface area (Å²) < 4.78 is 0. The molecule has 1 atom stereocenters. The summed E-state index contributed by atoms with van der Waals surface area (Å²) >= 11 is 1.27. The minimum atomic E-state index is -0.458. The van der Waals surface area contributed by atoms with Crippen molar-refractivity contribution in [2.75, 3.05) is 6.26 Å². The Morgan fingerprint density at radius 1 is 1.47 bits per heavy atom. The molecule has 1 unspecified atom stereocenters. The van der Waals surface area contributed by atoms with Crippen molar-refractivity contribution in [2.45, 2.75) is 13.3 Å². The van der Waals surface area contributed by atoms with Crippen molar-refractivity contribution in [2.24, 2.45) is 5.41 Å². The van der Waals surface area contributed by atoms with E-state index in [1.165, 1.54) is 17.3 Å². The van der Waals surface area contributed by atoms with E-state index >= 15 is 0 Å². The molecule has 1 nitrogen and oxygen atoms in total. The highest BCUT2D eigenvalue weighted by molar-refractivity contribution is 8.13. The Kier molecular flexibility index (Phi) is 4.15. The molecule has 2 heteroatoms. The Balaban J connectivity index is 2.86. The van der Waals surface area contributed by atoms with E-state index in [1.807, 2.05) is 43.5 Å². The van der Waals surface area contributed by atoms with Gasteiger partial charge in [-0.25, -0.2) is 0 Å². The molecule has 0 heterocycles. The molecule has 80 valence electrons. The van der Waals surface area contributed by atoms with E-state index in [9.17, 15) is 4.79 Å². The molecule has 1 rings (SSSR count). The van der Waals surface area contributed by atoms with Crippen molar-refractivity contribution in [1.29, 1.82) is 0 Å². The van der Waals surface area contributed by atoms with Gasteiger partial charge in [0.2, 0.25) is 0 Å². The molecule has 1 aromatic rings. The summed E-state index contributed by atoms with van der Waals surface area (Å²) in [6, 6.07) is 10.0. The van der Waals surface area contributed by atoms with E-state index in [0.717, 1.165) is 6.42 Å². The van der Waals surface area contributed by atoms with Crippen LogP contribution in [0.2, 0.25) is 0 Å². The average Bonchev–Trinajstić information content (AvgIpc) is 2.29. The van der Waals surface area contributed by atoms with Crippen LogP contribution < -0.4 is 0 Å². The van der Waals surface area contributed by atoms with E-state index in [1.54, 1.807) is 6.08 Å². The Morgan fingerprint density at radius 2 is 2.07 bits per heavy atom. The van der Waals surface area contributed by atoms with Gasteiger partial charge in [0.1, 0.15) is 0 Å². The van der Waals surface area contributed by atoms with Gasteiger partial charge in [0.25, 0.3) is 0 Å². The number of allylic oxidation sites excluding steroid dienone is 1. The van der Waals surface area contributed by atoms with Crippen LogP contribution in [0.25, 0.3) is 0 Å². The van der Waals surface area contributed by atoms with Gasteiger partial charge in [0.05, 0.1) is 5.41 Å². The highest BCUT2D eigenvalue weighted by Gasteiger charge is 2.28. The third-order valence-electron chi connectivity index (χ3n) is 2.52. The third kappa shape index (κ3) is 2.96. The molecule has 0 aliphatic heterocycles. The topological polar surface area (TPSA) is 17.1 Å². The molecule has 0 radical (unpaired) electrons. The van der Waals surface area contributed by atoms with E-state index in [2.05, 4.69) is 6.58 Å². The summed E-state index contributed by atoms with van der Waals surface area (Å²) in [5.74, 6) is 0. The molecule has 0 aromatic heterocycles. The summed E-state index contributed by atoms with van der Waals surface area (Å²) in [7, 11) is 0. The molecule has 1 aromatic carbocycles. The molecule has 0 saturated heterocycles. The molecule has 0 spiro atoms. The van der Waals surface area contributed by atoms with Crippen LogP contribution in [0.15, 0.2) is 43.0 Å². The number of benzene rings is 1. The lowest BCUT2D eigenvalue weighted by Crippen LogP contribution is -2.25. The van der Waals surface area contributed by atoms with Gasteiger partial charge in [0.15, 0.2) is 5.12 Å². The molecule has 0 amide bonds. The van der Waals surface area contributed by atoms with Gasteiger partial charge >= 0.3 is 0 Å². The lowest BCUT2D eigenvalue weighted by molar-refractivity contribution is -0.116. The predicted molar refractivity (Wildman–Crippen MR) is 67.0 cm³/mol. The number of hydrogen-bond acceptors (Lipinski definition) is 2. The van der Waals surface area contributed by atoms with Crippen LogP contribution in [-0.4, -0.2) is 11.4 Å². The second-order valence-electron chi connectivity index (χ2n) is 3.78. The fourth-order valence-electron chi connectivity index (χ4n) is 1.48. The zero-order chi connectivity index (χ0) is 11.3. The molecule has 0 saturated carbocycles. The summed E-state index contributed by atoms with van der Waals surface area (Å²) in [6.07, 6.45) is 4.28. The SMILES string of the molecule is C=CC(C)(Cc1ccccc1)C(=O)SC. The van der Waals surface area contributed by atoms with Gasteiger partial charge in [-0.15, -0.1) is 6.58 Å². The van der Waals surface area contributed by atoms with Crippen LogP contribution in [0.3, 0.4) is 0 Å². The highest BCUT2D eigenvalue weighted by atomic mass is 32.2. The Hall–Kier alpha value is -1.02. The van der Waals surface area contributed by atoms with Gasteiger partial charge in [-0.1, -0.05) is 48.2 Å². The number of thioether (sulfide) groups is 1. The molecule has 15 heavy (non-hydrogen) atoms. The normalized spacial score (nSPS) is 14.3. The van der Waals surface area contributed by atoms with Gasteiger partial charge in [-0.05, 0) is 25.2 Å². The molecule has 0 bridgehead atoms. The van der Waals surface area contributed by atoms with E-state index in [0.29, 0.717) is 0 Å². The predicted octanol–water partition coefficient (Wildman–Crippen LogP) is 3.31. The monoisotopic (exact) mass is 220 g/mol. The highest BCUT2D eigenvalue weighted by Crippen LogP contribution is 2.29. The zero-order valence-corrected chi connectivity index (χ0v) is 10.0. The van der Waals surface area contributed by atoms with Crippen LogP contribution in [0.5, 0.6) is 0 Å². The largest absolute Gasteiger partial charge is 0.286 e. The maximum atomic E-state index is 11.8. The van der Waals surface area contributed by atoms with Gasteiger partial charge < -0.3 is 0 Å². The van der Waals surface area contributed by atoms with Crippen molar-refractivity contribution in [3.8, 4) is 0 Å². The van der Waals surface area contributed by atoms with Gasteiger partial charge in [0, 0.05) is 0 Å². The lowest BCUT2D eigenvalue weighted by Gasteiger charge is -2.22. The van der Waals surface area contributed by atoms with Crippen molar-refractivity contribution < 1.29 is 4.79 Å². The summed E-state index contributed by atoms with van der Waals surface area (Å²) in [5.41, 5.74) is 0.711. The van der Waals surface area contributed by atoms with E-state index in [-0.39, 0.29) is 5.12 Å². The number of rotatable bonds is 4. The minimum absolute atomic E-state index is 0.168. The maximum absolute atomic E-state index is 11.8. The second-order valence-corrected chi connectivity index (χ2v) is 4.55. The molecule has 0 aliphatic rings. The van der Waals surface area contributed by atoms with Crippen molar-refractivity contribution in [3.05, 3.63) is 48.6 Å². The first-order valence-electron chi connectivity index (χ1n) is 4.88. The standard InChI is InChI=1S/C13H16OS/c1-4-13(2,12(14)15-3)10-11-8-6-5-7-9-11/h4-9H,1,10H2,2-3H3. The Morgan fingerprint density at radius 3 is 2.53 bits per heavy atom. The summed E-state index contributed by atoms with van der Waals surface area (Å²) in [6.45, 7) is 5.70. The molecular weight excluding hydrogens is 204 g/mol. The maximum Gasteiger partial charge on any atom is 0.198 e. The first kappa shape index (κ1) is 12.1. The molecular formula is C13H16OS. The number of carbonyl (C=O) groups excluding carboxylic acids is 1. The lowest BCUT2D eigenvalue weighted by atomic mass is 9.85. The Bertz CT molecular complexity index is 345. The molecule has 0 aliphatic carbocycles. The summed E-state index contributed by atoms with van der Waals surface area (Å²) in [5, 5.41) is 0.168. The fraction of sp³-hybridized carbons (Fsp3) is 0.308. The summed E-state index contributed by atoms with van der Waals surface area (Å²) in [4.78, 5) is 11.8. The number of hydrogen-bond donors (Lipinski definition) is 0. The van der Waals surface area contributed by atoms with Crippen LogP contribution in [0, 0.1) is 5.41 Å². The van der Waals surface area contributed by atoms with Crippen LogP contribution in [0.1, 0.15) is 12.5 Å². The average molecular weight is 220 g/mol. The van der Waals surface area contributed by atoms with E-state index in [4.69, 9.17) is 0 Å². The first-order chi connectivity index (χ1) is 7.12. The van der Waals surface area contributed by atoms with E-state index < -0.39 is 5.41 Å². The number of carbonyl (C=O) groups is 1. The van der Waals surface area contributed by atoms with Crippen LogP contribution >= 0.6 is 11.8 Å². The third-order valence-corrected chi connectivity index (χ3v) is 3.35. The second kappa shape index (κ2) is 5.17. The van der Waals surface area contributed by atoms with Crippen LogP contribution in [0.4, 0.5) is 0 Å². The Labute approximate surface area is 95.6 Å².